The molecule has 0 fully saturated rings. The van der Waals surface area contributed by atoms with Crippen molar-refractivity contribution >= 4 is 5.78 Å². The Hall–Kier alpha value is -1.15. The average Bonchev–Trinajstić information content (AvgIpc) is 2.22. The smallest absolute Gasteiger partial charge is 0.168 e. The summed E-state index contributed by atoms with van der Waals surface area (Å²) in [6, 6.07) is 5.86. The molecule has 0 aliphatic carbocycles. The fourth-order valence-electron chi connectivity index (χ4n) is 1.80. The van der Waals surface area contributed by atoms with Crippen LogP contribution in [-0.4, -0.2) is 17.5 Å². The molecule has 1 atom stereocenters. The first-order valence-electron chi connectivity index (χ1n) is 5.69. The maximum atomic E-state index is 12.2. The molecule has 2 heteroatoms. The van der Waals surface area contributed by atoms with Crippen LogP contribution in [0.4, 0.5) is 0 Å². The second-order valence-electron chi connectivity index (χ2n) is 4.72. The minimum absolute atomic E-state index is 0.0544. The molecule has 1 aromatic carbocycles. The molecule has 0 amide bonds. The monoisotopic (exact) mass is 220 g/mol. The van der Waals surface area contributed by atoms with E-state index in [4.69, 9.17) is 0 Å². The number of aliphatic hydroxyl groups is 1. The molecule has 1 unspecified atom stereocenters. The number of rotatable bonds is 4. The van der Waals surface area contributed by atoms with Crippen molar-refractivity contribution in [3.8, 4) is 0 Å². The van der Waals surface area contributed by atoms with Gasteiger partial charge in [-0.05, 0) is 31.4 Å². The van der Waals surface area contributed by atoms with Gasteiger partial charge in [-0.2, -0.15) is 0 Å². The van der Waals surface area contributed by atoms with Gasteiger partial charge in [0.2, 0.25) is 0 Å². The third kappa shape index (κ3) is 2.70. The molecule has 0 radical (unpaired) electrons. The summed E-state index contributed by atoms with van der Waals surface area (Å²) in [6.07, 6.45) is 0. The summed E-state index contributed by atoms with van der Waals surface area (Å²) in [6.45, 7) is 7.75. The van der Waals surface area contributed by atoms with E-state index in [1.807, 2.05) is 45.9 Å². The molecule has 1 N–H and O–H groups in total. The normalized spacial score (nSPS) is 12.9. The lowest BCUT2D eigenvalue weighted by atomic mass is 9.86. The fourth-order valence-corrected chi connectivity index (χ4v) is 1.80. The Labute approximate surface area is 97.3 Å². The van der Waals surface area contributed by atoms with E-state index in [9.17, 15) is 9.90 Å². The first-order chi connectivity index (χ1) is 7.47. The Bertz CT molecular complexity index is 380. The average molecular weight is 220 g/mol. The molecule has 0 saturated carbocycles. The Kier molecular flexibility index (Phi) is 4.25. The van der Waals surface area contributed by atoms with Gasteiger partial charge in [0.05, 0.1) is 6.61 Å². The van der Waals surface area contributed by atoms with Crippen molar-refractivity contribution < 1.29 is 9.90 Å². The van der Waals surface area contributed by atoms with E-state index in [2.05, 4.69) is 0 Å². The van der Waals surface area contributed by atoms with Crippen molar-refractivity contribution in [2.75, 3.05) is 6.61 Å². The van der Waals surface area contributed by atoms with Crippen molar-refractivity contribution in [3.63, 3.8) is 0 Å². The predicted octanol–water partition coefficient (Wildman–Crippen LogP) is 2.75. The largest absolute Gasteiger partial charge is 0.396 e. The molecular weight excluding hydrogens is 200 g/mol. The lowest BCUT2D eigenvalue weighted by Crippen LogP contribution is -2.24. The van der Waals surface area contributed by atoms with Crippen LogP contribution in [0.25, 0.3) is 0 Å². The zero-order valence-electron chi connectivity index (χ0n) is 10.4. The molecule has 0 aliphatic heterocycles. The van der Waals surface area contributed by atoms with E-state index in [1.54, 1.807) is 0 Å². The van der Waals surface area contributed by atoms with Gasteiger partial charge in [-0.1, -0.05) is 31.5 Å². The zero-order valence-corrected chi connectivity index (χ0v) is 10.4. The van der Waals surface area contributed by atoms with Gasteiger partial charge in [-0.3, -0.25) is 4.79 Å². The van der Waals surface area contributed by atoms with Crippen LogP contribution in [0.2, 0.25) is 0 Å². The minimum Gasteiger partial charge on any atom is -0.396 e. The lowest BCUT2D eigenvalue weighted by molar-refractivity contribution is 0.0806. The molecule has 16 heavy (non-hydrogen) atoms. The number of carbonyl (C=O) groups is 1. The molecule has 0 aliphatic rings. The van der Waals surface area contributed by atoms with Crippen molar-refractivity contribution in [3.05, 3.63) is 34.9 Å². The number of Topliss-reactive ketones (excluding diaryl/α,β-unsaturated/α-hetero) is 1. The van der Waals surface area contributed by atoms with Gasteiger partial charge >= 0.3 is 0 Å². The number of hydrogen-bond acceptors (Lipinski definition) is 2. The standard InChI is InChI=1S/C14H20O2/c1-9(2)13(8-15)14(16)12-7-10(3)5-6-11(12)4/h5-7,9,13,15H,8H2,1-4H3. The van der Waals surface area contributed by atoms with Crippen LogP contribution in [0.15, 0.2) is 18.2 Å². The first kappa shape index (κ1) is 12.9. The molecule has 0 heterocycles. The second-order valence-corrected chi connectivity index (χ2v) is 4.72. The quantitative estimate of drug-likeness (QED) is 0.792. The summed E-state index contributed by atoms with van der Waals surface area (Å²) in [4.78, 5) is 12.2. The maximum absolute atomic E-state index is 12.2. The molecule has 0 saturated heterocycles. The van der Waals surface area contributed by atoms with Crippen LogP contribution in [0.5, 0.6) is 0 Å². The molecule has 0 aromatic heterocycles. The molecular formula is C14H20O2. The Morgan fingerprint density at radius 3 is 2.44 bits per heavy atom. The highest BCUT2D eigenvalue weighted by Crippen LogP contribution is 2.20. The van der Waals surface area contributed by atoms with Crippen LogP contribution < -0.4 is 0 Å². The Morgan fingerprint density at radius 2 is 1.94 bits per heavy atom. The highest BCUT2D eigenvalue weighted by molar-refractivity contribution is 5.99. The maximum Gasteiger partial charge on any atom is 0.168 e. The molecule has 0 spiro atoms. The third-order valence-electron chi connectivity index (χ3n) is 3.00. The zero-order chi connectivity index (χ0) is 12.3. The van der Waals surface area contributed by atoms with Gasteiger partial charge in [0.25, 0.3) is 0 Å². The molecule has 2 nitrogen and oxygen atoms in total. The Morgan fingerprint density at radius 1 is 1.31 bits per heavy atom. The highest BCUT2D eigenvalue weighted by Gasteiger charge is 2.23. The van der Waals surface area contributed by atoms with Crippen molar-refractivity contribution in [1.29, 1.82) is 0 Å². The minimum atomic E-state index is -0.291. The van der Waals surface area contributed by atoms with Gasteiger partial charge in [-0.15, -0.1) is 0 Å². The molecule has 0 bridgehead atoms. The van der Waals surface area contributed by atoms with E-state index >= 15 is 0 Å². The number of ketones is 1. The van der Waals surface area contributed by atoms with E-state index in [0.29, 0.717) is 0 Å². The SMILES string of the molecule is Cc1ccc(C)c(C(=O)C(CO)C(C)C)c1. The molecule has 88 valence electrons. The number of carbonyl (C=O) groups excluding carboxylic acids is 1. The van der Waals surface area contributed by atoms with Crippen LogP contribution >= 0.6 is 0 Å². The summed E-state index contributed by atoms with van der Waals surface area (Å²) in [7, 11) is 0. The predicted molar refractivity (Wildman–Crippen MR) is 65.7 cm³/mol. The van der Waals surface area contributed by atoms with Gasteiger partial charge in [0.1, 0.15) is 0 Å². The van der Waals surface area contributed by atoms with Crippen LogP contribution in [0, 0.1) is 25.7 Å². The van der Waals surface area contributed by atoms with E-state index < -0.39 is 0 Å². The number of hydrogen-bond donors (Lipinski definition) is 1. The summed E-state index contributed by atoms with van der Waals surface area (Å²) < 4.78 is 0. The molecule has 1 rings (SSSR count). The first-order valence-corrected chi connectivity index (χ1v) is 5.69. The summed E-state index contributed by atoms with van der Waals surface area (Å²) in [5.41, 5.74) is 2.80. The van der Waals surface area contributed by atoms with Crippen molar-refractivity contribution in [1.82, 2.24) is 0 Å². The van der Waals surface area contributed by atoms with Crippen molar-refractivity contribution in [2.24, 2.45) is 11.8 Å². The summed E-state index contributed by atoms with van der Waals surface area (Å²) in [5.74, 6) is -0.0726. The second kappa shape index (κ2) is 5.26. The lowest BCUT2D eigenvalue weighted by Gasteiger charge is -2.18. The van der Waals surface area contributed by atoms with Gasteiger partial charge in [0, 0.05) is 11.5 Å². The van der Waals surface area contributed by atoms with Gasteiger partial charge < -0.3 is 5.11 Å². The van der Waals surface area contributed by atoms with Crippen LogP contribution in [0.3, 0.4) is 0 Å². The summed E-state index contributed by atoms with van der Waals surface area (Å²) in [5, 5.41) is 9.27. The van der Waals surface area contributed by atoms with Crippen LogP contribution in [0.1, 0.15) is 35.3 Å². The highest BCUT2D eigenvalue weighted by atomic mass is 16.3. The topological polar surface area (TPSA) is 37.3 Å². The number of aliphatic hydroxyl groups excluding tert-OH is 1. The van der Waals surface area contributed by atoms with E-state index in [1.165, 1.54) is 0 Å². The number of aryl methyl sites for hydroxylation is 2. The van der Waals surface area contributed by atoms with Gasteiger partial charge in [0.15, 0.2) is 5.78 Å². The Balaban J connectivity index is 3.08. The summed E-state index contributed by atoms with van der Waals surface area (Å²) >= 11 is 0. The fraction of sp³-hybridized carbons (Fsp3) is 0.500. The van der Waals surface area contributed by atoms with Gasteiger partial charge in [-0.25, -0.2) is 0 Å². The molecule has 1 aromatic rings. The van der Waals surface area contributed by atoms with E-state index in [0.717, 1.165) is 16.7 Å². The third-order valence-corrected chi connectivity index (χ3v) is 3.00. The van der Waals surface area contributed by atoms with Crippen LogP contribution in [-0.2, 0) is 0 Å². The van der Waals surface area contributed by atoms with E-state index in [-0.39, 0.29) is 24.2 Å². The number of benzene rings is 1. The van der Waals surface area contributed by atoms with Crippen molar-refractivity contribution in [2.45, 2.75) is 27.7 Å².